The Bertz CT molecular complexity index is 714. The molecule has 1 aliphatic rings. The summed E-state index contributed by atoms with van der Waals surface area (Å²) in [5.74, 6) is 2.01. The van der Waals surface area contributed by atoms with Crippen molar-refractivity contribution in [1.29, 1.82) is 0 Å². The van der Waals surface area contributed by atoms with Crippen molar-refractivity contribution < 1.29 is 13.9 Å². The summed E-state index contributed by atoms with van der Waals surface area (Å²) in [7, 11) is 0. The van der Waals surface area contributed by atoms with Crippen LogP contribution >= 0.6 is 11.6 Å². The molecule has 3 rings (SSSR count). The lowest BCUT2D eigenvalue weighted by Gasteiger charge is -2.33. The van der Waals surface area contributed by atoms with Gasteiger partial charge in [0.15, 0.2) is 0 Å². The highest BCUT2D eigenvalue weighted by molar-refractivity contribution is 6.31. The molecule has 0 saturated carbocycles. The number of furan rings is 1. The molecule has 1 saturated heterocycles. The second-order valence-electron chi connectivity index (χ2n) is 5.77. The van der Waals surface area contributed by atoms with E-state index in [1.54, 1.807) is 24.5 Å². The number of carbonyl (C=O) groups is 1. The van der Waals surface area contributed by atoms with Gasteiger partial charge in [-0.2, -0.15) is 0 Å². The summed E-state index contributed by atoms with van der Waals surface area (Å²) in [4.78, 5) is 18.4. The molecular formula is C17H19ClN2O3. The maximum Gasteiger partial charge on any atom is 0.257 e. The molecule has 1 aliphatic heterocycles. The molecule has 0 spiro atoms. The molecule has 3 heterocycles. The second kappa shape index (κ2) is 6.62. The number of carbonyl (C=O) groups excluding carboxylic acids is 1. The first-order chi connectivity index (χ1) is 11.0. The number of aromatic nitrogens is 1. The summed E-state index contributed by atoms with van der Waals surface area (Å²) >= 11 is 6.08. The number of nitrogens with zero attached hydrogens (tertiary/aromatic N) is 2. The van der Waals surface area contributed by atoms with Crippen molar-refractivity contribution in [3.63, 3.8) is 0 Å². The molecule has 1 amide bonds. The molecule has 0 bridgehead atoms. The summed E-state index contributed by atoms with van der Waals surface area (Å²) in [6.45, 7) is 4.93. The Labute approximate surface area is 140 Å². The standard InChI is InChI=1S/C17H19ClN2O3/c1-11-8-14(12(2)22-11)17(21)20-7-3-4-13(10-20)23-16-5-6-19-9-15(16)18/h5-6,8-9,13H,3-4,7,10H2,1-2H3/t13-/m0/s1. The molecule has 0 aromatic carbocycles. The zero-order valence-corrected chi connectivity index (χ0v) is 14.0. The Morgan fingerprint density at radius 1 is 1.48 bits per heavy atom. The van der Waals surface area contributed by atoms with Crippen LogP contribution in [0.15, 0.2) is 28.9 Å². The molecule has 0 radical (unpaired) electrons. The number of amides is 1. The molecule has 23 heavy (non-hydrogen) atoms. The zero-order chi connectivity index (χ0) is 16.4. The van der Waals surface area contributed by atoms with E-state index in [-0.39, 0.29) is 12.0 Å². The quantitative estimate of drug-likeness (QED) is 0.860. The maximum atomic E-state index is 12.7. The number of likely N-dealkylation sites (tertiary alicyclic amines) is 1. The van der Waals surface area contributed by atoms with Gasteiger partial charge in [-0.25, -0.2) is 0 Å². The SMILES string of the molecule is Cc1cc(C(=O)N2CCC[C@H](Oc3ccncc3Cl)C2)c(C)o1. The molecule has 0 unspecified atom stereocenters. The lowest BCUT2D eigenvalue weighted by Crippen LogP contribution is -2.44. The fourth-order valence-electron chi connectivity index (χ4n) is 2.87. The Hall–Kier alpha value is -2.01. The second-order valence-corrected chi connectivity index (χ2v) is 6.17. The summed E-state index contributed by atoms with van der Waals surface area (Å²) < 4.78 is 11.4. The number of hydrogen-bond donors (Lipinski definition) is 0. The number of aryl methyl sites for hydroxylation is 2. The molecule has 5 nitrogen and oxygen atoms in total. The summed E-state index contributed by atoms with van der Waals surface area (Å²) in [5, 5.41) is 0.484. The van der Waals surface area contributed by atoms with Gasteiger partial charge >= 0.3 is 0 Å². The molecule has 6 heteroatoms. The minimum atomic E-state index is -0.0686. The number of piperidine rings is 1. The van der Waals surface area contributed by atoms with E-state index < -0.39 is 0 Å². The van der Waals surface area contributed by atoms with Crippen LogP contribution in [0, 0.1) is 13.8 Å². The van der Waals surface area contributed by atoms with Crippen molar-refractivity contribution in [3.8, 4) is 5.75 Å². The van der Waals surface area contributed by atoms with E-state index >= 15 is 0 Å². The molecule has 1 atom stereocenters. The predicted octanol–water partition coefficient (Wildman–Crippen LogP) is 3.63. The fourth-order valence-corrected chi connectivity index (χ4v) is 3.03. The van der Waals surface area contributed by atoms with E-state index in [1.807, 2.05) is 18.7 Å². The zero-order valence-electron chi connectivity index (χ0n) is 13.2. The summed E-state index contributed by atoms with van der Waals surface area (Å²) in [6, 6.07) is 3.54. The third-order valence-electron chi connectivity index (χ3n) is 3.97. The number of pyridine rings is 1. The van der Waals surface area contributed by atoms with Crippen LogP contribution in [0.3, 0.4) is 0 Å². The van der Waals surface area contributed by atoms with Gasteiger partial charge < -0.3 is 14.1 Å². The monoisotopic (exact) mass is 334 g/mol. The van der Waals surface area contributed by atoms with E-state index in [0.29, 0.717) is 28.6 Å². The molecule has 2 aromatic heterocycles. The van der Waals surface area contributed by atoms with Crippen LogP contribution in [0.5, 0.6) is 5.75 Å². The number of ether oxygens (including phenoxy) is 1. The van der Waals surface area contributed by atoms with Gasteiger partial charge in [0.2, 0.25) is 0 Å². The smallest absolute Gasteiger partial charge is 0.257 e. The summed E-state index contributed by atoms with van der Waals surface area (Å²) in [5.41, 5.74) is 0.630. The minimum Gasteiger partial charge on any atom is -0.487 e. The third kappa shape index (κ3) is 3.50. The van der Waals surface area contributed by atoms with Crippen LogP contribution in [0.25, 0.3) is 0 Å². The maximum absolute atomic E-state index is 12.7. The molecular weight excluding hydrogens is 316 g/mol. The van der Waals surface area contributed by atoms with Crippen LogP contribution in [-0.2, 0) is 0 Å². The minimum absolute atomic E-state index is 0.00604. The Kier molecular flexibility index (Phi) is 4.57. The van der Waals surface area contributed by atoms with Gasteiger partial charge in [0, 0.05) is 25.0 Å². The first kappa shape index (κ1) is 15.9. The number of hydrogen-bond acceptors (Lipinski definition) is 4. The van der Waals surface area contributed by atoms with Crippen molar-refractivity contribution in [1.82, 2.24) is 9.88 Å². The Morgan fingerprint density at radius 2 is 2.30 bits per heavy atom. The highest BCUT2D eigenvalue weighted by atomic mass is 35.5. The fraction of sp³-hybridized carbons (Fsp3) is 0.412. The van der Waals surface area contributed by atoms with Gasteiger partial charge in [-0.05, 0) is 32.8 Å². The average Bonchev–Trinajstić information content (AvgIpc) is 2.88. The van der Waals surface area contributed by atoms with Crippen molar-refractivity contribution in [2.24, 2.45) is 0 Å². The van der Waals surface area contributed by atoms with Gasteiger partial charge in [-0.15, -0.1) is 0 Å². The van der Waals surface area contributed by atoms with Gasteiger partial charge in [0.25, 0.3) is 5.91 Å². The first-order valence-corrected chi connectivity index (χ1v) is 8.05. The highest BCUT2D eigenvalue weighted by Gasteiger charge is 2.28. The highest BCUT2D eigenvalue weighted by Crippen LogP contribution is 2.26. The van der Waals surface area contributed by atoms with Crippen molar-refractivity contribution >= 4 is 17.5 Å². The van der Waals surface area contributed by atoms with Crippen molar-refractivity contribution in [2.75, 3.05) is 13.1 Å². The molecule has 0 aliphatic carbocycles. The van der Waals surface area contributed by atoms with Crippen molar-refractivity contribution in [3.05, 3.63) is 46.6 Å². The Balaban J connectivity index is 1.70. The van der Waals surface area contributed by atoms with E-state index in [0.717, 1.165) is 25.1 Å². The lowest BCUT2D eigenvalue weighted by atomic mass is 10.1. The third-order valence-corrected chi connectivity index (χ3v) is 4.25. The van der Waals surface area contributed by atoms with Crippen LogP contribution in [0.2, 0.25) is 5.02 Å². The van der Waals surface area contributed by atoms with E-state index in [1.165, 1.54) is 0 Å². The van der Waals surface area contributed by atoms with E-state index in [4.69, 9.17) is 20.8 Å². The lowest BCUT2D eigenvalue weighted by molar-refractivity contribution is 0.0536. The normalized spacial score (nSPS) is 18.0. The van der Waals surface area contributed by atoms with Crippen LogP contribution in [0.4, 0.5) is 0 Å². The van der Waals surface area contributed by atoms with E-state index in [9.17, 15) is 4.79 Å². The van der Waals surface area contributed by atoms with E-state index in [2.05, 4.69) is 4.98 Å². The average molecular weight is 335 g/mol. The first-order valence-electron chi connectivity index (χ1n) is 7.67. The van der Waals surface area contributed by atoms with Crippen LogP contribution < -0.4 is 4.74 Å². The molecule has 122 valence electrons. The Morgan fingerprint density at radius 3 is 3.00 bits per heavy atom. The number of rotatable bonds is 3. The van der Waals surface area contributed by atoms with Crippen LogP contribution in [-0.4, -0.2) is 35.0 Å². The van der Waals surface area contributed by atoms with Crippen LogP contribution in [0.1, 0.15) is 34.7 Å². The largest absolute Gasteiger partial charge is 0.487 e. The topological polar surface area (TPSA) is 55.6 Å². The predicted molar refractivity (Wildman–Crippen MR) is 87.0 cm³/mol. The molecule has 1 fully saturated rings. The number of halogens is 1. The van der Waals surface area contributed by atoms with Crippen molar-refractivity contribution in [2.45, 2.75) is 32.8 Å². The summed E-state index contributed by atoms with van der Waals surface area (Å²) in [6.07, 6.45) is 4.92. The van der Waals surface area contributed by atoms with Gasteiger partial charge in [0.1, 0.15) is 28.4 Å². The molecule has 0 N–H and O–H groups in total. The van der Waals surface area contributed by atoms with Gasteiger partial charge in [-0.1, -0.05) is 11.6 Å². The van der Waals surface area contributed by atoms with Gasteiger partial charge in [-0.3, -0.25) is 9.78 Å². The van der Waals surface area contributed by atoms with Gasteiger partial charge in [0.05, 0.1) is 12.1 Å². The molecule has 2 aromatic rings.